The Morgan fingerprint density at radius 2 is 2.40 bits per heavy atom. The molecular formula is C15H22N2O3. The van der Waals surface area contributed by atoms with Crippen LogP contribution in [-0.4, -0.2) is 38.3 Å². The van der Waals surface area contributed by atoms with Crippen LogP contribution >= 0.6 is 0 Å². The van der Waals surface area contributed by atoms with E-state index < -0.39 is 0 Å². The Morgan fingerprint density at radius 1 is 1.50 bits per heavy atom. The standard InChI is InChI=1S/C15H22N2O3/c1-2-16-15(18)11-20-14-7-3-5-12(9-14)17-13-6-4-8-19-10-13/h3,5,7,9,13,17H,2,4,6,8,10-11H2,1H3,(H,16,18). The lowest BCUT2D eigenvalue weighted by Crippen LogP contribution is -2.30. The number of carbonyl (C=O) groups is 1. The lowest BCUT2D eigenvalue weighted by Gasteiger charge is -2.24. The molecule has 0 saturated carbocycles. The molecule has 20 heavy (non-hydrogen) atoms. The summed E-state index contributed by atoms with van der Waals surface area (Å²) in [5.41, 5.74) is 0.994. The first kappa shape index (κ1) is 14.7. The fourth-order valence-corrected chi connectivity index (χ4v) is 2.16. The highest BCUT2D eigenvalue weighted by Crippen LogP contribution is 2.20. The van der Waals surface area contributed by atoms with E-state index in [1.807, 2.05) is 31.2 Å². The van der Waals surface area contributed by atoms with Gasteiger partial charge in [0.05, 0.1) is 6.61 Å². The summed E-state index contributed by atoms with van der Waals surface area (Å²) in [5, 5.41) is 6.13. The van der Waals surface area contributed by atoms with Crippen molar-refractivity contribution in [3.8, 4) is 5.75 Å². The average molecular weight is 278 g/mol. The van der Waals surface area contributed by atoms with Gasteiger partial charge in [0.2, 0.25) is 0 Å². The van der Waals surface area contributed by atoms with E-state index in [1.54, 1.807) is 0 Å². The molecule has 1 fully saturated rings. The van der Waals surface area contributed by atoms with Gasteiger partial charge in [0.15, 0.2) is 6.61 Å². The smallest absolute Gasteiger partial charge is 0.257 e. The maximum Gasteiger partial charge on any atom is 0.257 e. The Kier molecular flexibility index (Phi) is 5.68. The fraction of sp³-hybridized carbons (Fsp3) is 0.533. The van der Waals surface area contributed by atoms with E-state index in [0.717, 1.165) is 31.7 Å². The summed E-state index contributed by atoms with van der Waals surface area (Å²) < 4.78 is 10.9. The number of anilines is 1. The highest BCUT2D eigenvalue weighted by Gasteiger charge is 2.13. The molecule has 5 heteroatoms. The molecule has 1 aromatic rings. The number of benzene rings is 1. The van der Waals surface area contributed by atoms with Crippen LogP contribution in [0, 0.1) is 0 Å². The van der Waals surface area contributed by atoms with Crippen molar-refractivity contribution in [3.05, 3.63) is 24.3 Å². The van der Waals surface area contributed by atoms with Crippen LogP contribution in [0.5, 0.6) is 5.75 Å². The molecule has 2 N–H and O–H groups in total. The summed E-state index contributed by atoms with van der Waals surface area (Å²) in [4.78, 5) is 11.3. The maximum atomic E-state index is 11.3. The summed E-state index contributed by atoms with van der Waals surface area (Å²) >= 11 is 0. The van der Waals surface area contributed by atoms with Gasteiger partial charge < -0.3 is 20.1 Å². The normalized spacial score (nSPS) is 18.4. The van der Waals surface area contributed by atoms with Crippen LogP contribution in [0.1, 0.15) is 19.8 Å². The Balaban J connectivity index is 1.85. The lowest BCUT2D eigenvalue weighted by atomic mass is 10.1. The number of nitrogens with one attached hydrogen (secondary N) is 2. The van der Waals surface area contributed by atoms with Gasteiger partial charge in [-0.1, -0.05) is 6.07 Å². The SMILES string of the molecule is CCNC(=O)COc1cccc(NC2CCCOC2)c1. The predicted molar refractivity (Wildman–Crippen MR) is 78.1 cm³/mol. The van der Waals surface area contributed by atoms with E-state index in [2.05, 4.69) is 10.6 Å². The zero-order chi connectivity index (χ0) is 14.2. The number of hydrogen-bond donors (Lipinski definition) is 2. The van der Waals surface area contributed by atoms with Crippen LogP contribution in [0.25, 0.3) is 0 Å². The van der Waals surface area contributed by atoms with Gasteiger partial charge in [0.25, 0.3) is 5.91 Å². The quantitative estimate of drug-likeness (QED) is 0.833. The van der Waals surface area contributed by atoms with Crippen molar-refractivity contribution in [1.82, 2.24) is 5.32 Å². The molecule has 1 heterocycles. The second-order valence-electron chi connectivity index (χ2n) is 4.83. The predicted octanol–water partition coefficient (Wildman–Crippen LogP) is 1.79. The van der Waals surface area contributed by atoms with Crippen LogP contribution in [0.3, 0.4) is 0 Å². The van der Waals surface area contributed by atoms with Gasteiger partial charge in [-0.2, -0.15) is 0 Å². The number of hydrogen-bond acceptors (Lipinski definition) is 4. The number of carbonyl (C=O) groups excluding carboxylic acids is 1. The Morgan fingerprint density at radius 3 is 3.15 bits per heavy atom. The number of rotatable bonds is 6. The lowest BCUT2D eigenvalue weighted by molar-refractivity contribution is -0.122. The molecule has 0 bridgehead atoms. The Bertz CT molecular complexity index is 431. The highest BCUT2D eigenvalue weighted by molar-refractivity contribution is 5.77. The van der Waals surface area contributed by atoms with E-state index in [1.165, 1.54) is 0 Å². The van der Waals surface area contributed by atoms with Crippen molar-refractivity contribution in [1.29, 1.82) is 0 Å². The average Bonchev–Trinajstić information content (AvgIpc) is 2.47. The third-order valence-electron chi connectivity index (χ3n) is 3.11. The molecule has 5 nitrogen and oxygen atoms in total. The van der Waals surface area contributed by atoms with Gasteiger partial charge >= 0.3 is 0 Å². The molecule has 1 saturated heterocycles. The van der Waals surface area contributed by atoms with Crippen molar-refractivity contribution in [3.63, 3.8) is 0 Å². The van der Waals surface area contributed by atoms with Crippen molar-refractivity contribution in [2.45, 2.75) is 25.8 Å². The van der Waals surface area contributed by atoms with Crippen LogP contribution < -0.4 is 15.4 Å². The zero-order valence-electron chi connectivity index (χ0n) is 11.9. The second-order valence-corrected chi connectivity index (χ2v) is 4.83. The molecule has 1 amide bonds. The molecule has 1 unspecified atom stereocenters. The molecule has 2 rings (SSSR count). The van der Waals surface area contributed by atoms with Gasteiger partial charge in [-0.15, -0.1) is 0 Å². The largest absolute Gasteiger partial charge is 0.484 e. The molecule has 0 radical (unpaired) electrons. The van der Waals surface area contributed by atoms with Crippen molar-refractivity contribution >= 4 is 11.6 Å². The van der Waals surface area contributed by atoms with Gasteiger partial charge in [-0.05, 0) is 31.9 Å². The number of ether oxygens (including phenoxy) is 2. The molecule has 0 aliphatic carbocycles. The van der Waals surface area contributed by atoms with E-state index in [4.69, 9.17) is 9.47 Å². The first-order valence-electron chi connectivity index (χ1n) is 7.12. The molecule has 1 aromatic carbocycles. The number of amides is 1. The first-order chi connectivity index (χ1) is 9.78. The molecular weight excluding hydrogens is 256 g/mol. The minimum Gasteiger partial charge on any atom is -0.484 e. The fourth-order valence-electron chi connectivity index (χ4n) is 2.16. The van der Waals surface area contributed by atoms with Crippen LogP contribution in [0.15, 0.2) is 24.3 Å². The summed E-state index contributed by atoms with van der Waals surface area (Å²) in [6.07, 6.45) is 2.20. The van der Waals surface area contributed by atoms with Crippen LogP contribution in [0.4, 0.5) is 5.69 Å². The topological polar surface area (TPSA) is 59.6 Å². The van der Waals surface area contributed by atoms with Crippen molar-refractivity contribution in [2.24, 2.45) is 0 Å². The third kappa shape index (κ3) is 4.74. The zero-order valence-corrected chi connectivity index (χ0v) is 11.9. The molecule has 110 valence electrons. The highest BCUT2D eigenvalue weighted by atomic mass is 16.5. The minimum absolute atomic E-state index is 0.0455. The van der Waals surface area contributed by atoms with Gasteiger partial charge in [-0.3, -0.25) is 4.79 Å². The van der Waals surface area contributed by atoms with Crippen LogP contribution in [-0.2, 0) is 9.53 Å². The van der Waals surface area contributed by atoms with Crippen molar-refractivity contribution < 1.29 is 14.3 Å². The van der Waals surface area contributed by atoms with Gasteiger partial charge in [0.1, 0.15) is 5.75 Å². The molecule has 0 aromatic heterocycles. The second kappa shape index (κ2) is 7.75. The van der Waals surface area contributed by atoms with Gasteiger partial charge in [-0.25, -0.2) is 0 Å². The van der Waals surface area contributed by atoms with E-state index in [9.17, 15) is 4.79 Å². The Hall–Kier alpha value is -1.75. The molecule has 1 aliphatic rings. The number of likely N-dealkylation sites (N-methyl/N-ethyl adjacent to an activating group) is 1. The molecule has 0 spiro atoms. The van der Waals surface area contributed by atoms with Gasteiger partial charge in [0, 0.05) is 30.9 Å². The summed E-state index contributed by atoms with van der Waals surface area (Å²) in [6, 6.07) is 8.02. The maximum absolute atomic E-state index is 11.3. The minimum atomic E-state index is -0.105. The monoisotopic (exact) mass is 278 g/mol. The van der Waals surface area contributed by atoms with Crippen molar-refractivity contribution in [2.75, 3.05) is 31.7 Å². The molecule has 1 atom stereocenters. The summed E-state index contributed by atoms with van der Waals surface area (Å²) in [5.74, 6) is 0.588. The molecule has 1 aliphatic heterocycles. The summed E-state index contributed by atoms with van der Waals surface area (Å²) in [6.45, 7) is 4.14. The van der Waals surface area contributed by atoms with E-state index >= 15 is 0 Å². The summed E-state index contributed by atoms with van der Waals surface area (Å²) in [7, 11) is 0. The van der Waals surface area contributed by atoms with Crippen LogP contribution in [0.2, 0.25) is 0 Å². The first-order valence-corrected chi connectivity index (χ1v) is 7.12. The third-order valence-corrected chi connectivity index (χ3v) is 3.11. The Labute approximate surface area is 119 Å². The van der Waals surface area contributed by atoms with E-state index in [-0.39, 0.29) is 12.5 Å². The van der Waals surface area contributed by atoms with E-state index in [0.29, 0.717) is 18.3 Å².